The molecule has 0 saturated carbocycles. The van der Waals surface area contributed by atoms with Gasteiger partial charge >= 0.3 is 0 Å². The molecule has 0 atom stereocenters. The van der Waals surface area contributed by atoms with Crippen molar-refractivity contribution in [3.8, 4) is 0 Å². The average Bonchev–Trinajstić information content (AvgIpc) is 3.10. The van der Waals surface area contributed by atoms with E-state index in [1.54, 1.807) is 6.20 Å². The molecule has 1 aliphatic heterocycles. The second kappa shape index (κ2) is 8.16. The molecule has 1 aliphatic rings. The van der Waals surface area contributed by atoms with E-state index in [0.29, 0.717) is 5.56 Å². The van der Waals surface area contributed by atoms with Crippen LogP contribution in [0.3, 0.4) is 0 Å². The molecule has 1 aromatic carbocycles. The van der Waals surface area contributed by atoms with Crippen molar-refractivity contribution in [3.05, 3.63) is 42.2 Å². The third-order valence-corrected chi connectivity index (χ3v) is 4.62. The highest BCUT2D eigenvalue weighted by Crippen LogP contribution is 2.23. The lowest BCUT2D eigenvalue weighted by molar-refractivity contribution is 0.102. The summed E-state index contributed by atoms with van der Waals surface area (Å²) in [6.45, 7) is 4.17. The Hall–Kier alpha value is -2.34. The van der Waals surface area contributed by atoms with E-state index in [1.807, 2.05) is 54.1 Å². The van der Waals surface area contributed by atoms with Crippen LogP contribution in [-0.2, 0) is 6.54 Å². The van der Waals surface area contributed by atoms with Crippen LogP contribution in [0.5, 0.6) is 0 Å². The monoisotopic (exact) mass is 341 g/mol. The van der Waals surface area contributed by atoms with Crippen molar-refractivity contribution in [2.45, 2.75) is 25.8 Å². The average molecular weight is 341 g/mol. The summed E-state index contributed by atoms with van der Waals surface area (Å²) >= 11 is 0. The van der Waals surface area contributed by atoms with Crippen molar-refractivity contribution >= 4 is 17.3 Å². The van der Waals surface area contributed by atoms with E-state index in [2.05, 4.69) is 15.3 Å². The second-order valence-electron chi connectivity index (χ2n) is 6.76. The minimum atomic E-state index is -0.126. The van der Waals surface area contributed by atoms with E-state index in [4.69, 9.17) is 0 Å². The number of hydrogen-bond acceptors (Lipinski definition) is 4. The number of anilines is 2. The van der Waals surface area contributed by atoms with Crippen LogP contribution < -0.4 is 10.2 Å². The Morgan fingerprint density at radius 2 is 1.92 bits per heavy atom. The lowest BCUT2D eigenvalue weighted by Crippen LogP contribution is -2.32. The van der Waals surface area contributed by atoms with Crippen molar-refractivity contribution in [1.82, 2.24) is 14.7 Å². The van der Waals surface area contributed by atoms with Crippen LogP contribution in [0, 0.1) is 0 Å². The highest BCUT2D eigenvalue weighted by Gasteiger charge is 2.13. The molecule has 134 valence electrons. The summed E-state index contributed by atoms with van der Waals surface area (Å²) in [6, 6.07) is 7.78. The van der Waals surface area contributed by atoms with Gasteiger partial charge in [-0.15, -0.1) is 0 Å². The number of aromatic nitrogens is 2. The minimum Gasteiger partial charge on any atom is -0.376 e. The molecule has 0 bridgehead atoms. The predicted octanol–water partition coefficient (Wildman–Crippen LogP) is 2.69. The van der Waals surface area contributed by atoms with Crippen LogP contribution in [0.1, 0.15) is 29.6 Å². The number of hydrogen-bond donors (Lipinski definition) is 1. The van der Waals surface area contributed by atoms with Crippen molar-refractivity contribution in [3.63, 3.8) is 0 Å². The fraction of sp³-hybridized carbons (Fsp3) is 0.474. The summed E-state index contributed by atoms with van der Waals surface area (Å²) in [6.07, 6.45) is 7.40. The molecule has 1 amide bonds. The zero-order valence-corrected chi connectivity index (χ0v) is 15.1. The summed E-state index contributed by atoms with van der Waals surface area (Å²) in [5, 5.41) is 7.32. The van der Waals surface area contributed by atoms with Gasteiger partial charge in [-0.05, 0) is 38.1 Å². The van der Waals surface area contributed by atoms with Gasteiger partial charge in [0.25, 0.3) is 5.91 Å². The SMILES string of the molecule is CN(C)c1ccccc1NC(=O)c1cnn(CCN2CCCCC2)c1. The number of carbonyl (C=O) groups excluding carboxylic acids is 1. The van der Waals surface area contributed by atoms with E-state index in [0.717, 1.165) is 24.5 Å². The largest absolute Gasteiger partial charge is 0.376 e. The number of nitrogens with one attached hydrogen (secondary N) is 1. The Bertz CT molecular complexity index is 703. The van der Waals surface area contributed by atoms with Gasteiger partial charge in [0.15, 0.2) is 0 Å². The van der Waals surface area contributed by atoms with E-state index < -0.39 is 0 Å². The maximum Gasteiger partial charge on any atom is 0.258 e. The van der Waals surface area contributed by atoms with Crippen molar-refractivity contribution in [2.75, 3.05) is 43.9 Å². The summed E-state index contributed by atoms with van der Waals surface area (Å²) in [5.74, 6) is -0.126. The molecule has 0 radical (unpaired) electrons. The minimum absolute atomic E-state index is 0.126. The Balaban J connectivity index is 1.59. The van der Waals surface area contributed by atoms with Crippen molar-refractivity contribution < 1.29 is 4.79 Å². The fourth-order valence-corrected chi connectivity index (χ4v) is 3.19. The Morgan fingerprint density at radius 3 is 2.68 bits per heavy atom. The number of carbonyl (C=O) groups is 1. The molecule has 1 fully saturated rings. The molecule has 3 rings (SSSR count). The van der Waals surface area contributed by atoms with Gasteiger partial charge < -0.3 is 15.1 Å². The first-order valence-corrected chi connectivity index (χ1v) is 8.96. The normalized spacial score (nSPS) is 15.1. The summed E-state index contributed by atoms with van der Waals surface area (Å²) < 4.78 is 1.86. The third-order valence-electron chi connectivity index (χ3n) is 4.62. The molecule has 6 nitrogen and oxygen atoms in total. The van der Waals surface area contributed by atoms with Crippen molar-refractivity contribution in [2.24, 2.45) is 0 Å². The van der Waals surface area contributed by atoms with Gasteiger partial charge in [-0.1, -0.05) is 18.6 Å². The number of likely N-dealkylation sites (tertiary alicyclic amines) is 1. The van der Waals surface area contributed by atoms with E-state index in [-0.39, 0.29) is 5.91 Å². The van der Waals surface area contributed by atoms with E-state index >= 15 is 0 Å². The Labute approximate surface area is 149 Å². The van der Waals surface area contributed by atoms with Crippen molar-refractivity contribution in [1.29, 1.82) is 0 Å². The van der Waals surface area contributed by atoms with Gasteiger partial charge in [0.1, 0.15) is 0 Å². The zero-order chi connectivity index (χ0) is 17.6. The third kappa shape index (κ3) is 4.60. The molecule has 1 N–H and O–H groups in total. The molecular formula is C19H27N5O. The first-order valence-electron chi connectivity index (χ1n) is 8.96. The molecule has 0 spiro atoms. The quantitative estimate of drug-likeness (QED) is 0.878. The molecule has 0 unspecified atom stereocenters. The van der Waals surface area contributed by atoms with Crippen LogP contribution in [0.15, 0.2) is 36.7 Å². The molecule has 1 saturated heterocycles. The molecule has 2 heterocycles. The molecule has 1 aromatic heterocycles. The molecular weight excluding hydrogens is 314 g/mol. The number of amides is 1. The van der Waals surface area contributed by atoms with E-state index in [9.17, 15) is 4.79 Å². The number of para-hydroxylation sites is 2. The second-order valence-corrected chi connectivity index (χ2v) is 6.76. The molecule has 6 heteroatoms. The molecule has 25 heavy (non-hydrogen) atoms. The number of benzene rings is 1. The maximum absolute atomic E-state index is 12.5. The Morgan fingerprint density at radius 1 is 1.16 bits per heavy atom. The number of rotatable bonds is 6. The van der Waals surface area contributed by atoms with Gasteiger partial charge in [-0.25, -0.2) is 0 Å². The highest BCUT2D eigenvalue weighted by atomic mass is 16.1. The fourth-order valence-electron chi connectivity index (χ4n) is 3.19. The topological polar surface area (TPSA) is 53.4 Å². The lowest BCUT2D eigenvalue weighted by Gasteiger charge is -2.26. The van der Waals surface area contributed by atoms with Crippen LogP contribution in [-0.4, -0.2) is 54.3 Å². The zero-order valence-electron chi connectivity index (χ0n) is 15.1. The van der Waals surface area contributed by atoms with Gasteiger partial charge in [0.2, 0.25) is 0 Å². The summed E-state index contributed by atoms with van der Waals surface area (Å²) in [4.78, 5) is 17.0. The van der Waals surface area contributed by atoms with Gasteiger partial charge in [0, 0.05) is 26.8 Å². The smallest absolute Gasteiger partial charge is 0.258 e. The standard InChI is InChI=1S/C19H27N5O/c1-22(2)18-9-5-4-8-17(18)21-19(25)16-14-20-24(15-16)13-12-23-10-6-3-7-11-23/h4-5,8-9,14-15H,3,6-7,10-13H2,1-2H3,(H,21,25). The summed E-state index contributed by atoms with van der Waals surface area (Å²) in [5.41, 5.74) is 2.37. The van der Waals surface area contributed by atoms with Crippen LogP contribution in [0.4, 0.5) is 11.4 Å². The highest BCUT2D eigenvalue weighted by molar-refractivity contribution is 6.05. The number of piperidine rings is 1. The number of nitrogens with zero attached hydrogens (tertiary/aromatic N) is 4. The van der Waals surface area contributed by atoms with E-state index in [1.165, 1.54) is 32.4 Å². The van der Waals surface area contributed by atoms with Crippen LogP contribution >= 0.6 is 0 Å². The summed E-state index contributed by atoms with van der Waals surface area (Å²) in [7, 11) is 3.92. The molecule has 2 aromatic rings. The van der Waals surface area contributed by atoms with Crippen LogP contribution in [0.25, 0.3) is 0 Å². The molecule has 0 aliphatic carbocycles. The predicted molar refractivity (Wildman–Crippen MR) is 101 cm³/mol. The van der Waals surface area contributed by atoms with Gasteiger partial charge in [-0.3, -0.25) is 9.48 Å². The first-order chi connectivity index (χ1) is 12.1. The Kier molecular flexibility index (Phi) is 5.71. The van der Waals surface area contributed by atoms with Gasteiger partial charge in [0.05, 0.1) is 29.7 Å². The van der Waals surface area contributed by atoms with Gasteiger partial charge in [-0.2, -0.15) is 5.10 Å². The van der Waals surface area contributed by atoms with Crippen LogP contribution in [0.2, 0.25) is 0 Å². The first kappa shape index (κ1) is 17.5. The maximum atomic E-state index is 12.5. The lowest BCUT2D eigenvalue weighted by atomic mass is 10.1.